The maximum atomic E-state index is 13.6. The number of nitrogens with zero attached hydrogens (tertiary/aromatic N) is 5. The molecule has 1 aliphatic rings. The summed E-state index contributed by atoms with van der Waals surface area (Å²) in [5.41, 5.74) is 4.50. The van der Waals surface area contributed by atoms with Gasteiger partial charge in [-0.05, 0) is 32.8 Å². The molecule has 6 heteroatoms. The van der Waals surface area contributed by atoms with Crippen LogP contribution in [0.15, 0.2) is 36.5 Å². The van der Waals surface area contributed by atoms with Crippen molar-refractivity contribution in [2.75, 3.05) is 32.7 Å². The predicted octanol–water partition coefficient (Wildman–Crippen LogP) is 4.40. The summed E-state index contributed by atoms with van der Waals surface area (Å²) in [5, 5.41) is 5.38. The number of aryl methyl sites for hydroxylation is 1. The van der Waals surface area contributed by atoms with Gasteiger partial charge in [-0.25, -0.2) is 9.67 Å². The number of benzene rings is 1. The molecule has 2 aromatic heterocycles. The van der Waals surface area contributed by atoms with E-state index in [1.54, 1.807) is 6.20 Å². The van der Waals surface area contributed by atoms with Crippen molar-refractivity contribution in [2.45, 2.75) is 40.7 Å². The molecular weight excluding hydrogens is 386 g/mol. The van der Waals surface area contributed by atoms with E-state index in [2.05, 4.69) is 68.9 Å². The van der Waals surface area contributed by atoms with Gasteiger partial charge in [0.25, 0.3) is 5.91 Å². The molecule has 0 aliphatic carbocycles. The third kappa shape index (κ3) is 4.49. The minimum atomic E-state index is 0.0771. The molecule has 0 atom stereocenters. The van der Waals surface area contributed by atoms with E-state index in [0.29, 0.717) is 11.5 Å². The van der Waals surface area contributed by atoms with Gasteiger partial charge >= 0.3 is 0 Å². The number of amides is 1. The molecule has 3 aromatic rings. The molecule has 3 heterocycles. The quantitative estimate of drug-likeness (QED) is 0.615. The topological polar surface area (TPSA) is 54.3 Å². The van der Waals surface area contributed by atoms with Crippen LogP contribution in [0.2, 0.25) is 0 Å². The molecule has 1 amide bonds. The van der Waals surface area contributed by atoms with Crippen LogP contribution in [0.5, 0.6) is 0 Å². The highest BCUT2D eigenvalue weighted by molar-refractivity contribution is 6.06. The molecule has 1 saturated heterocycles. The highest BCUT2D eigenvalue weighted by atomic mass is 16.2. The Morgan fingerprint density at radius 1 is 1.03 bits per heavy atom. The molecular formula is C25H33N5O. The molecule has 0 unspecified atom stereocenters. The van der Waals surface area contributed by atoms with E-state index < -0.39 is 0 Å². The lowest BCUT2D eigenvalue weighted by Crippen LogP contribution is -2.49. The van der Waals surface area contributed by atoms with Gasteiger partial charge in [0.1, 0.15) is 0 Å². The lowest BCUT2D eigenvalue weighted by atomic mass is 10.0. The maximum absolute atomic E-state index is 13.6. The lowest BCUT2D eigenvalue weighted by Gasteiger charge is -2.35. The number of aromatic nitrogens is 3. The van der Waals surface area contributed by atoms with Crippen LogP contribution in [0.4, 0.5) is 0 Å². The molecule has 1 fully saturated rings. The number of piperazine rings is 1. The standard InChI is InChI=1S/C25H33N5O/c1-17(2)16-28-10-12-29(13-11-28)25(31)21-14-23(20-8-6-19(5)7-9-20)27-24-22(21)15-26-30(24)18(3)4/h6-9,14-15,17-18H,10-13,16H2,1-5H3. The number of carbonyl (C=O) groups is 1. The van der Waals surface area contributed by atoms with Gasteiger partial charge in [-0.3, -0.25) is 9.69 Å². The maximum Gasteiger partial charge on any atom is 0.254 e. The van der Waals surface area contributed by atoms with Crippen LogP contribution >= 0.6 is 0 Å². The van der Waals surface area contributed by atoms with E-state index in [9.17, 15) is 4.79 Å². The van der Waals surface area contributed by atoms with Crippen molar-refractivity contribution >= 4 is 16.9 Å². The zero-order valence-corrected chi connectivity index (χ0v) is 19.3. The van der Waals surface area contributed by atoms with E-state index >= 15 is 0 Å². The SMILES string of the molecule is Cc1ccc(-c2cc(C(=O)N3CCN(CC(C)C)CC3)c3cnn(C(C)C)c3n2)cc1. The fourth-order valence-corrected chi connectivity index (χ4v) is 4.27. The summed E-state index contributed by atoms with van der Waals surface area (Å²) in [6.45, 7) is 15.2. The summed E-state index contributed by atoms with van der Waals surface area (Å²) in [6, 6.07) is 10.4. The Bertz CT molecular complexity index is 1060. The third-order valence-corrected chi connectivity index (χ3v) is 5.92. The van der Waals surface area contributed by atoms with E-state index in [0.717, 1.165) is 55.0 Å². The molecule has 31 heavy (non-hydrogen) atoms. The average Bonchev–Trinajstić information content (AvgIpc) is 3.17. The Morgan fingerprint density at radius 2 is 1.71 bits per heavy atom. The normalized spacial score (nSPS) is 15.4. The van der Waals surface area contributed by atoms with E-state index in [1.807, 2.05) is 15.6 Å². The van der Waals surface area contributed by atoms with Gasteiger partial charge in [-0.15, -0.1) is 0 Å². The van der Waals surface area contributed by atoms with Gasteiger partial charge < -0.3 is 4.90 Å². The Morgan fingerprint density at radius 3 is 2.32 bits per heavy atom. The van der Waals surface area contributed by atoms with Gasteiger partial charge in [-0.1, -0.05) is 43.7 Å². The molecule has 0 bridgehead atoms. The zero-order valence-electron chi connectivity index (χ0n) is 19.3. The molecule has 0 spiro atoms. The van der Waals surface area contributed by atoms with Crippen molar-refractivity contribution in [1.82, 2.24) is 24.6 Å². The van der Waals surface area contributed by atoms with Crippen LogP contribution in [-0.2, 0) is 0 Å². The van der Waals surface area contributed by atoms with Gasteiger partial charge in [0.15, 0.2) is 5.65 Å². The fraction of sp³-hybridized carbons (Fsp3) is 0.480. The molecule has 6 nitrogen and oxygen atoms in total. The second-order valence-corrected chi connectivity index (χ2v) is 9.33. The Hall–Kier alpha value is -2.73. The number of fused-ring (bicyclic) bond motifs is 1. The number of hydrogen-bond acceptors (Lipinski definition) is 4. The summed E-state index contributed by atoms with van der Waals surface area (Å²) in [5.74, 6) is 0.717. The van der Waals surface area contributed by atoms with Crippen LogP contribution < -0.4 is 0 Å². The minimum Gasteiger partial charge on any atom is -0.336 e. The third-order valence-electron chi connectivity index (χ3n) is 5.92. The molecule has 0 saturated carbocycles. The first-order chi connectivity index (χ1) is 14.8. The fourth-order valence-electron chi connectivity index (χ4n) is 4.27. The van der Waals surface area contributed by atoms with Gasteiger partial charge in [0.05, 0.1) is 22.8 Å². The van der Waals surface area contributed by atoms with Crippen LogP contribution in [-0.4, -0.2) is 63.2 Å². The second-order valence-electron chi connectivity index (χ2n) is 9.33. The summed E-state index contributed by atoms with van der Waals surface area (Å²) in [6.07, 6.45) is 1.80. The monoisotopic (exact) mass is 419 g/mol. The van der Waals surface area contributed by atoms with Crippen molar-refractivity contribution < 1.29 is 4.79 Å². The van der Waals surface area contributed by atoms with Crippen LogP contribution in [0, 0.1) is 12.8 Å². The van der Waals surface area contributed by atoms with Crippen LogP contribution in [0.3, 0.4) is 0 Å². The number of rotatable bonds is 5. The van der Waals surface area contributed by atoms with Crippen molar-refractivity contribution in [3.8, 4) is 11.3 Å². The highest BCUT2D eigenvalue weighted by Gasteiger charge is 2.26. The zero-order chi connectivity index (χ0) is 22.1. The summed E-state index contributed by atoms with van der Waals surface area (Å²) in [7, 11) is 0. The molecule has 1 aromatic carbocycles. The predicted molar refractivity (Wildman–Crippen MR) is 125 cm³/mol. The second kappa shape index (κ2) is 8.79. The first-order valence-electron chi connectivity index (χ1n) is 11.3. The van der Waals surface area contributed by atoms with Crippen LogP contribution in [0.25, 0.3) is 22.3 Å². The van der Waals surface area contributed by atoms with Crippen molar-refractivity contribution in [3.63, 3.8) is 0 Å². The van der Waals surface area contributed by atoms with E-state index in [1.165, 1.54) is 5.56 Å². The number of hydrogen-bond donors (Lipinski definition) is 0. The van der Waals surface area contributed by atoms with Crippen molar-refractivity contribution in [1.29, 1.82) is 0 Å². The molecule has 4 rings (SSSR count). The van der Waals surface area contributed by atoms with Gasteiger partial charge in [-0.2, -0.15) is 5.10 Å². The Labute approximate surface area is 184 Å². The Kier molecular flexibility index (Phi) is 6.10. The van der Waals surface area contributed by atoms with Crippen molar-refractivity contribution in [2.24, 2.45) is 5.92 Å². The van der Waals surface area contributed by atoms with Crippen molar-refractivity contribution in [3.05, 3.63) is 47.7 Å². The Balaban J connectivity index is 1.71. The summed E-state index contributed by atoms with van der Waals surface area (Å²) >= 11 is 0. The van der Waals surface area contributed by atoms with E-state index in [-0.39, 0.29) is 11.9 Å². The summed E-state index contributed by atoms with van der Waals surface area (Å²) in [4.78, 5) is 22.9. The average molecular weight is 420 g/mol. The molecule has 164 valence electrons. The molecule has 1 aliphatic heterocycles. The van der Waals surface area contributed by atoms with E-state index in [4.69, 9.17) is 4.98 Å². The number of carbonyl (C=O) groups excluding carboxylic acids is 1. The smallest absolute Gasteiger partial charge is 0.254 e. The molecule has 0 radical (unpaired) electrons. The largest absolute Gasteiger partial charge is 0.336 e. The molecule has 0 N–H and O–H groups in total. The summed E-state index contributed by atoms with van der Waals surface area (Å²) < 4.78 is 1.91. The lowest BCUT2D eigenvalue weighted by molar-refractivity contribution is 0.0625. The van der Waals surface area contributed by atoms with Gasteiger partial charge in [0, 0.05) is 44.3 Å². The first kappa shape index (κ1) is 21.5. The minimum absolute atomic E-state index is 0.0771. The number of pyridine rings is 1. The first-order valence-corrected chi connectivity index (χ1v) is 11.3. The van der Waals surface area contributed by atoms with Crippen LogP contribution in [0.1, 0.15) is 49.7 Å². The van der Waals surface area contributed by atoms with Gasteiger partial charge in [0.2, 0.25) is 0 Å². The highest BCUT2D eigenvalue weighted by Crippen LogP contribution is 2.28.